The van der Waals surface area contributed by atoms with Gasteiger partial charge in [0, 0.05) is 10.3 Å². The molecule has 0 unspecified atom stereocenters. The number of hydrogen-bond donors (Lipinski definition) is 0. The molecule has 0 fully saturated rings. The number of carbonyl (C=O) groups excluding carboxylic acids is 1. The van der Waals surface area contributed by atoms with Crippen molar-refractivity contribution >= 4 is 45.4 Å². The lowest BCUT2D eigenvalue weighted by atomic mass is 10.2. The molecule has 0 saturated carbocycles. The standard InChI is InChI=1S/C19H18N2O2S2/c1-13-14(2)25-19-17(13)18(20-12-21-19)24-11-16(22)23-10-6-9-15-7-4-3-5-8-15/h3-9,12H,10-11H2,1-2H3/b9-6+. The van der Waals surface area contributed by atoms with Crippen LogP contribution in [0.2, 0.25) is 0 Å². The average molecular weight is 370 g/mol. The predicted molar refractivity (Wildman–Crippen MR) is 104 cm³/mol. The number of rotatable bonds is 6. The van der Waals surface area contributed by atoms with E-state index in [-0.39, 0.29) is 18.3 Å². The lowest BCUT2D eigenvalue weighted by Crippen LogP contribution is -2.07. The fraction of sp³-hybridized carbons (Fsp3) is 0.211. The van der Waals surface area contributed by atoms with Gasteiger partial charge in [0.2, 0.25) is 0 Å². The summed E-state index contributed by atoms with van der Waals surface area (Å²) in [6.07, 6.45) is 5.33. The normalized spacial score (nSPS) is 11.3. The van der Waals surface area contributed by atoms with Gasteiger partial charge in [-0.3, -0.25) is 4.79 Å². The second-order valence-corrected chi connectivity index (χ2v) is 7.59. The Bertz CT molecular complexity index is 904. The zero-order valence-electron chi connectivity index (χ0n) is 14.1. The summed E-state index contributed by atoms with van der Waals surface area (Å²) < 4.78 is 5.25. The molecule has 0 radical (unpaired) electrons. The minimum absolute atomic E-state index is 0.236. The van der Waals surface area contributed by atoms with E-state index in [1.807, 2.05) is 42.5 Å². The third-order valence-corrected chi connectivity index (χ3v) is 5.79. The molecule has 2 aromatic heterocycles. The van der Waals surface area contributed by atoms with Crippen molar-refractivity contribution in [3.8, 4) is 0 Å². The molecule has 0 aliphatic heterocycles. The molecule has 25 heavy (non-hydrogen) atoms. The molecular formula is C19H18N2O2S2. The fourth-order valence-corrected chi connectivity index (χ4v) is 4.23. The Kier molecular flexibility index (Phi) is 5.83. The summed E-state index contributed by atoms with van der Waals surface area (Å²) in [5.41, 5.74) is 2.27. The highest BCUT2D eigenvalue weighted by Gasteiger charge is 2.13. The van der Waals surface area contributed by atoms with Gasteiger partial charge in [-0.2, -0.15) is 0 Å². The van der Waals surface area contributed by atoms with Gasteiger partial charge in [-0.05, 0) is 31.1 Å². The molecule has 128 valence electrons. The molecule has 0 aliphatic carbocycles. The van der Waals surface area contributed by atoms with Crippen molar-refractivity contribution in [3.63, 3.8) is 0 Å². The van der Waals surface area contributed by atoms with Crippen molar-refractivity contribution in [2.45, 2.75) is 18.9 Å². The summed E-state index contributed by atoms with van der Waals surface area (Å²) in [7, 11) is 0. The van der Waals surface area contributed by atoms with Crippen LogP contribution in [0.1, 0.15) is 16.0 Å². The summed E-state index contributed by atoms with van der Waals surface area (Å²) in [4.78, 5) is 22.8. The maximum Gasteiger partial charge on any atom is 0.316 e. The summed E-state index contributed by atoms with van der Waals surface area (Å²) in [6, 6.07) is 9.91. The van der Waals surface area contributed by atoms with Crippen molar-refractivity contribution in [2.75, 3.05) is 12.4 Å². The summed E-state index contributed by atoms with van der Waals surface area (Å²) >= 11 is 3.05. The predicted octanol–water partition coefficient (Wildman–Crippen LogP) is 4.66. The molecule has 0 aliphatic rings. The molecule has 0 amide bonds. The van der Waals surface area contributed by atoms with E-state index < -0.39 is 0 Å². The summed E-state index contributed by atoms with van der Waals surface area (Å²) in [6.45, 7) is 4.40. The van der Waals surface area contributed by atoms with Crippen LogP contribution in [0.25, 0.3) is 16.3 Å². The Morgan fingerprint density at radius 3 is 2.84 bits per heavy atom. The quantitative estimate of drug-likeness (QED) is 0.359. The van der Waals surface area contributed by atoms with Gasteiger partial charge < -0.3 is 4.74 Å². The molecule has 4 nitrogen and oxygen atoms in total. The van der Waals surface area contributed by atoms with Crippen LogP contribution < -0.4 is 0 Å². The molecule has 0 N–H and O–H groups in total. The molecule has 0 saturated heterocycles. The van der Waals surface area contributed by atoms with Gasteiger partial charge >= 0.3 is 5.97 Å². The number of benzene rings is 1. The van der Waals surface area contributed by atoms with E-state index >= 15 is 0 Å². The van der Waals surface area contributed by atoms with Gasteiger partial charge in [-0.15, -0.1) is 11.3 Å². The molecule has 1 aromatic carbocycles. The van der Waals surface area contributed by atoms with Gasteiger partial charge in [0.1, 0.15) is 22.8 Å². The Labute approximate surface area is 155 Å². The average Bonchev–Trinajstić information content (AvgIpc) is 2.93. The zero-order chi connectivity index (χ0) is 17.6. The summed E-state index contributed by atoms with van der Waals surface area (Å²) in [5.74, 6) is -0.0151. The maximum absolute atomic E-state index is 11.9. The number of hydrogen-bond acceptors (Lipinski definition) is 6. The molecule has 3 rings (SSSR count). The Balaban J connectivity index is 1.54. The lowest BCUT2D eigenvalue weighted by molar-refractivity contribution is -0.139. The number of aromatic nitrogens is 2. The van der Waals surface area contributed by atoms with E-state index in [2.05, 4.69) is 23.8 Å². The van der Waals surface area contributed by atoms with Crippen LogP contribution in [0, 0.1) is 13.8 Å². The first kappa shape index (κ1) is 17.6. The van der Waals surface area contributed by atoms with Crippen molar-refractivity contribution in [3.05, 3.63) is 58.7 Å². The van der Waals surface area contributed by atoms with Crippen LogP contribution in [-0.2, 0) is 9.53 Å². The van der Waals surface area contributed by atoms with Crippen LogP contribution in [0.3, 0.4) is 0 Å². The van der Waals surface area contributed by atoms with E-state index in [4.69, 9.17) is 4.74 Å². The van der Waals surface area contributed by atoms with Crippen LogP contribution >= 0.6 is 23.1 Å². The Morgan fingerprint density at radius 2 is 2.04 bits per heavy atom. The number of esters is 1. The molecule has 0 bridgehead atoms. The van der Waals surface area contributed by atoms with E-state index in [9.17, 15) is 4.79 Å². The highest BCUT2D eigenvalue weighted by Crippen LogP contribution is 2.34. The van der Waals surface area contributed by atoms with Crippen molar-refractivity contribution in [1.29, 1.82) is 0 Å². The maximum atomic E-state index is 11.9. The monoisotopic (exact) mass is 370 g/mol. The molecular weight excluding hydrogens is 352 g/mol. The van der Waals surface area contributed by atoms with E-state index in [1.54, 1.807) is 17.7 Å². The minimum Gasteiger partial charge on any atom is -0.461 e. The number of carbonyl (C=O) groups is 1. The number of nitrogens with zero attached hydrogens (tertiary/aromatic N) is 2. The van der Waals surface area contributed by atoms with Gasteiger partial charge in [-0.25, -0.2) is 9.97 Å². The highest BCUT2D eigenvalue weighted by molar-refractivity contribution is 8.00. The number of aryl methyl sites for hydroxylation is 2. The van der Waals surface area contributed by atoms with E-state index in [1.165, 1.54) is 22.2 Å². The van der Waals surface area contributed by atoms with E-state index in [0.717, 1.165) is 20.8 Å². The second-order valence-electron chi connectivity index (χ2n) is 5.43. The molecule has 6 heteroatoms. The van der Waals surface area contributed by atoms with Crippen LogP contribution in [0.5, 0.6) is 0 Å². The van der Waals surface area contributed by atoms with Crippen molar-refractivity contribution in [1.82, 2.24) is 9.97 Å². The number of fused-ring (bicyclic) bond motifs is 1. The Morgan fingerprint density at radius 1 is 1.24 bits per heavy atom. The third kappa shape index (κ3) is 4.46. The van der Waals surface area contributed by atoms with Crippen LogP contribution in [0.4, 0.5) is 0 Å². The van der Waals surface area contributed by atoms with Crippen molar-refractivity contribution in [2.24, 2.45) is 0 Å². The van der Waals surface area contributed by atoms with Gasteiger partial charge in [0.15, 0.2) is 0 Å². The molecule has 0 atom stereocenters. The number of ether oxygens (including phenoxy) is 1. The lowest BCUT2D eigenvalue weighted by Gasteiger charge is -2.03. The molecule has 3 aromatic rings. The highest BCUT2D eigenvalue weighted by atomic mass is 32.2. The van der Waals surface area contributed by atoms with Crippen LogP contribution in [-0.4, -0.2) is 28.3 Å². The topological polar surface area (TPSA) is 52.1 Å². The summed E-state index contributed by atoms with van der Waals surface area (Å²) in [5, 5.41) is 1.88. The van der Waals surface area contributed by atoms with E-state index in [0.29, 0.717) is 0 Å². The first-order valence-corrected chi connectivity index (χ1v) is 9.66. The van der Waals surface area contributed by atoms with Gasteiger partial charge in [0.25, 0.3) is 0 Å². The largest absolute Gasteiger partial charge is 0.461 e. The molecule has 0 spiro atoms. The number of thiophene rings is 1. The van der Waals surface area contributed by atoms with Crippen LogP contribution in [0.15, 0.2) is 47.8 Å². The van der Waals surface area contributed by atoms with Gasteiger partial charge in [0.05, 0.1) is 5.75 Å². The fourth-order valence-electron chi connectivity index (χ4n) is 2.32. The van der Waals surface area contributed by atoms with Gasteiger partial charge in [-0.1, -0.05) is 48.2 Å². The first-order chi connectivity index (χ1) is 12.1. The first-order valence-electron chi connectivity index (χ1n) is 7.86. The zero-order valence-corrected chi connectivity index (χ0v) is 15.7. The molecule has 2 heterocycles. The Hall–Kier alpha value is -2.18. The number of thioether (sulfide) groups is 1. The smallest absolute Gasteiger partial charge is 0.316 e. The minimum atomic E-state index is -0.251. The second kappa shape index (κ2) is 8.27. The SMILES string of the molecule is Cc1sc2ncnc(SCC(=O)OC/C=C/c3ccccc3)c2c1C. The third-order valence-electron chi connectivity index (χ3n) is 3.71. The van der Waals surface area contributed by atoms with Crippen molar-refractivity contribution < 1.29 is 9.53 Å².